The maximum atomic E-state index is 13.5. The van der Waals surface area contributed by atoms with E-state index in [1.165, 1.54) is 6.92 Å². The van der Waals surface area contributed by atoms with E-state index >= 15 is 0 Å². The molecule has 0 saturated carbocycles. The van der Waals surface area contributed by atoms with Crippen LogP contribution in [0.4, 0.5) is 11.4 Å². The lowest BCUT2D eigenvalue weighted by Gasteiger charge is -2.24. The van der Waals surface area contributed by atoms with Gasteiger partial charge in [-0.25, -0.2) is 8.42 Å². The molecule has 31 heavy (non-hydrogen) atoms. The topological polar surface area (TPSA) is 102 Å². The van der Waals surface area contributed by atoms with Crippen LogP contribution in [0, 0.1) is 13.8 Å². The molecule has 164 valence electrons. The molecule has 1 amide bonds. The molecular weight excluding hydrogens is 486 g/mol. The number of amides is 1. The Morgan fingerprint density at radius 2 is 1.77 bits per heavy atom. The van der Waals surface area contributed by atoms with Gasteiger partial charge in [-0.2, -0.15) is 0 Å². The molecular formula is C21H22BrN3O5S. The van der Waals surface area contributed by atoms with Crippen molar-refractivity contribution in [2.75, 3.05) is 22.8 Å². The largest absolute Gasteiger partial charge is 0.494 e. The average Bonchev–Trinajstić information content (AvgIpc) is 3.08. The van der Waals surface area contributed by atoms with Gasteiger partial charge in [-0.05, 0) is 69.3 Å². The lowest BCUT2D eigenvalue weighted by molar-refractivity contribution is -0.114. The van der Waals surface area contributed by atoms with Gasteiger partial charge in [0, 0.05) is 10.2 Å². The SMILES string of the molecule is CCOc1ccc(N(CC(=O)Nc2ccc(Br)cc2)S(=O)(=O)c2c(C)noc2C)cc1. The number of aryl methyl sites for hydroxylation is 2. The van der Waals surface area contributed by atoms with Gasteiger partial charge in [0.2, 0.25) is 5.91 Å². The molecule has 0 aliphatic rings. The first-order chi connectivity index (χ1) is 14.7. The summed E-state index contributed by atoms with van der Waals surface area (Å²) in [6, 6.07) is 13.5. The Hall–Kier alpha value is -2.85. The summed E-state index contributed by atoms with van der Waals surface area (Å²) in [4.78, 5) is 12.7. The van der Waals surface area contributed by atoms with Gasteiger partial charge in [0.05, 0.1) is 12.3 Å². The standard InChI is InChI=1S/C21H22BrN3O5S/c1-4-29-19-11-9-18(10-12-19)25(31(27,28)21-14(2)24-30-15(21)3)13-20(26)23-17-7-5-16(22)6-8-17/h5-12H,4,13H2,1-3H3,(H,23,26). The Balaban J connectivity index is 1.95. The van der Waals surface area contributed by atoms with Crippen LogP contribution >= 0.6 is 15.9 Å². The van der Waals surface area contributed by atoms with E-state index in [0.29, 0.717) is 23.7 Å². The molecule has 0 bridgehead atoms. The van der Waals surface area contributed by atoms with Crippen molar-refractivity contribution in [3.8, 4) is 5.75 Å². The minimum Gasteiger partial charge on any atom is -0.494 e. The number of aromatic nitrogens is 1. The van der Waals surface area contributed by atoms with Crippen molar-refractivity contribution in [1.82, 2.24) is 5.16 Å². The fraction of sp³-hybridized carbons (Fsp3) is 0.238. The highest BCUT2D eigenvalue weighted by Gasteiger charge is 2.32. The predicted molar refractivity (Wildman–Crippen MR) is 121 cm³/mol. The summed E-state index contributed by atoms with van der Waals surface area (Å²) in [5, 5.41) is 6.46. The molecule has 0 atom stereocenters. The number of ether oxygens (including phenoxy) is 1. The van der Waals surface area contributed by atoms with Gasteiger partial charge >= 0.3 is 0 Å². The summed E-state index contributed by atoms with van der Waals surface area (Å²) < 4.78 is 39.3. The molecule has 0 saturated heterocycles. The first-order valence-electron chi connectivity index (χ1n) is 9.46. The molecule has 1 N–H and O–H groups in total. The van der Waals surface area contributed by atoms with Crippen molar-refractivity contribution >= 4 is 43.2 Å². The Kier molecular flexibility index (Phi) is 7.01. The van der Waals surface area contributed by atoms with E-state index in [1.807, 2.05) is 6.92 Å². The quantitative estimate of drug-likeness (QED) is 0.487. The van der Waals surface area contributed by atoms with E-state index in [0.717, 1.165) is 8.78 Å². The number of carbonyl (C=O) groups excluding carboxylic acids is 1. The Morgan fingerprint density at radius 3 is 2.32 bits per heavy atom. The normalized spacial score (nSPS) is 11.2. The molecule has 3 rings (SSSR count). The second-order valence-corrected chi connectivity index (χ2v) is 9.36. The summed E-state index contributed by atoms with van der Waals surface area (Å²) >= 11 is 3.34. The zero-order valence-electron chi connectivity index (χ0n) is 17.3. The van der Waals surface area contributed by atoms with Crippen molar-refractivity contribution in [3.63, 3.8) is 0 Å². The third-order valence-electron chi connectivity index (χ3n) is 4.37. The minimum atomic E-state index is -4.12. The highest BCUT2D eigenvalue weighted by Crippen LogP contribution is 2.29. The van der Waals surface area contributed by atoms with Gasteiger partial charge in [-0.1, -0.05) is 21.1 Å². The second kappa shape index (κ2) is 9.52. The number of nitrogens with one attached hydrogen (secondary N) is 1. The molecule has 1 heterocycles. The number of hydrogen-bond acceptors (Lipinski definition) is 6. The van der Waals surface area contributed by atoms with Crippen LogP contribution in [-0.4, -0.2) is 32.6 Å². The van der Waals surface area contributed by atoms with E-state index in [4.69, 9.17) is 9.26 Å². The molecule has 0 radical (unpaired) electrons. The van der Waals surface area contributed by atoms with Gasteiger partial charge < -0.3 is 14.6 Å². The Bertz CT molecular complexity index is 1140. The smallest absolute Gasteiger partial charge is 0.270 e. The van der Waals surface area contributed by atoms with Crippen molar-refractivity contribution in [2.45, 2.75) is 25.7 Å². The molecule has 3 aromatic rings. The zero-order valence-corrected chi connectivity index (χ0v) is 19.7. The first-order valence-corrected chi connectivity index (χ1v) is 11.7. The lowest BCUT2D eigenvalue weighted by Crippen LogP contribution is -2.38. The monoisotopic (exact) mass is 507 g/mol. The number of carbonyl (C=O) groups is 1. The van der Waals surface area contributed by atoms with Gasteiger partial charge in [0.25, 0.3) is 10.0 Å². The first kappa shape index (κ1) is 22.8. The third kappa shape index (κ3) is 5.26. The number of benzene rings is 2. The van der Waals surface area contributed by atoms with E-state index < -0.39 is 22.5 Å². The van der Waals surface area contributed by atoms with Crippen LogP contribution in [0.5, 0.6) is 5.75 Å². The van der Waals surface area contributed by atoms with E-state index in [9.17, 15) is 13.2 Å². The van der Waals surface area contributed by atoms with Crippen LogP contribution < -0.4 is 14.4 Å². The lowest BCUT2D eigenvalue weighted by atomic mass is 10.3. The fourth-order valence-electron chi connectivity index (χ4n) is 3.01. The number of anilines is 2. The maximum absolute atomic E-state index is 13.5. The summed E-state index contributed by atoms with van der Waals surface area (Å²) in [6.45, 7) is 4.97. The highest BCUT2D eigenvalue weighted by molar-refractivity contribution is 9.10. The Morgan fingerprint density at radius 1 is 1.13 bits per heavy atom. The van der Waals surface area contributed by atoms with Crippen molar-refractivity contribution in [2.24, 2.45) is 0 Å². The number of hydrogen-bond donors (Lipinski definition) is 1. The number of rotatable bonds is 8. The summed E-state index contributed by atoms with van der Waals surface area (Å²) in [5.41, 5.74) is 1.09. The highest BCUT2D eigenvalue weighted by atomic mass is 79.9. The summed E-state index contributed by atoms with van der Waals surface area (Å²) in [5.74, 6) is 0.258. The van der Waals surface area contributed by atoms with Gasteiger partial charge in [0.1, 0.15) is 18.0 Å². The van der Waals surface area contributed by atoms with Crippen LogP contribution in [0.25, 0.3) is 0 Å². The third-order valence-corrected chi connectivity index (χ3v) is 6.91. The maximum Gasteiger partial charge on any atom is 0.270 e. The van der Waals surface area contributed by atoms with E-state index in [2.05, 4.69) is 26.4 Å². The van der Waals surface area contributed by atoms with E-state index in [-0.39, 0.29) is 16.3 Å². The summed E-state index contributed by atoms with van der Waals surface area (Å²) in [7, 11) is -4.12. The predicted octanol–water partition coefficient (Wildman–Crippen LogP) is 4.29. The second-order valence-electron chi connectivity index (χ2n) is 6.65. The van der Waals surface area contributed by atoms with E-state index in [1.54, 1.807) is 55.5 Å². The molecule has 2 aromatic carbocycles. The molecule has 0 unspecified atom stereocenters. The molecule has 0 spiro atoms. The van der Waals surface area contributed by atoms with Crippen LogP contribution in [0.15, 0.2) is 62.4 Å². The molecule has 8 nitrogen and oxygen atoms in total. The van der Waals surface area contributed by atoms with Crippen molar-refractivity contribution in [1.29, 1.82) is 0 Å². The van der Waals surface area contributed by atoms with Gasteiger partial charge in [0.15, 0.2) is 10.7 Å². The fourth-order valence-corrected chi connectivity index (χ4v) is 4.99. The molecule has 0 aliphatic heterocycles. The van der Waals surface area contributed by atoms with Crippen molar-refractivity contribution < 1.29 is 22.5 Å². The molecule has 0 fully saturated rings. The summed E-state index contributed by atoms with van der Waals surface area (Å²) in [6.07, 6.45) is 0. The Labute approximate surface area is 189 Å². The minimum absolute atomic E-state index is 0.0576. The number of sulfonamides is 1. The van der Waals surface area contributed by atoms with Crippen LogP contribution in [0.1, 0.15) is 18.4 Å². The molecule has 0 aliphatic carbocycles. The zero-order chi connectivity index (χ0) is 22.6. The van der Waals surface area contributed by atoms with Crippen LogP contribution in [-0.2, 0) is 14.8 Å². The van der Waals surface area contributed by atoms with Crippen LogP contribution in [0.3, 0.4) is 0 Å². The molecule has 10 heteroatoms. The van der Waals surface area contributed by atoms with Gasteiger partial charge in [-0.3, -0.25) is 9.10 Å². The van der Waals surface area contributed by atoms with Gasteiger partial charge in [-0.15, -0.1) is 0 Å². The average molecular weight is 508 g/mol. The van der Waals surface area contributed by atoms with Crippen LogP contribution in [0.2, 0.25) is 0 Å². The molecule has 1 aromatic heterocycles. The number of halogens is 1. The van der Waals surface area contributed by atoms with Crippen molar-refractivity contribution in [3.05, 3.63) is 64.5 Å². The number of nitrogens with zero attached hydrogens (tertiary/aromatic N) is 2.